The van der Waals surface area contributed by atoms with Gasteiger partial charge in [0.1, 0.15) is 17.5 Å². The number of Topliss-reactive ketones (excluding diaryl/α,β-unsaturated/α-hetero) is 5. The Bertz CT molecular complexity index is 1190. The van der Waals surface area contributed by atoms with Gasteiger partial charge in [-0.15, -0.1) is 0 Å². The molecule has 3 aliphatic carbocycles. The summed E-state index contributed by atoms with van der Waals surface area (Å²) in [6.45, 7) is 11.5. The SMILES string of the molecule is CC(=O)C1C(=O)C(C(C)C)[C@@]2(C)C[C@@]3(C)Cc4c(C)cc(C)c(O)c4C(=O)C3C(=O)[C@@]2(O)C1=O. The molecule has 2 N–H and O–H groups in total. The summed E-state index contributed by atoms with van der Waals surface area (Å²) in [5.74, 6) is -8.59. The highest BCUT2D eigenvalue weighted by Crippen LogP contribution is 2.63. The first-order chi connectivity index (χ1) is 15.5. The van der Waals surface area contributed by atoms with Gasteiger partial charge in [-0.1, -0.05) is 33.8 Å². The number of rotatable bonds is 2. The lowest BCUT2D eigenvalue weighted by Gasteiger charge is -2.61. The second-order valence-electron chi connectivity index (χ2n) is 11.5. The number of aliphatic hydroxyl groups is 1. The monoisotopic (exact) mass is 468 g/mol. The van der Waals surface area contributed by atoms with Crippen molar-refractivity contribution in [2.24, 2.45) is 34.5 Å². The minimum Gasteiger partial charge on any atom is -0.507 e. The molecular formula is C27H32O7. The summed E-state index contributed by atoms with van der Waals surface area (Å²) in [5.41, 5.74) is -3.11. The fraction of sp³-hybridized carbons (Fsp3) is 0.593. The molecule has 7 nitrogen and oxygen atoms in total. The highest BCUT2D eigenvalue weighted by Gasteiger charge is 2.76. The molecule has 1 aromatic rings. The molecule has 2 fully saturated rings. The summed E-state index contributed by atoms with van der Waals surface area (Å²) >= 11 is 0. The van der Waals surface area contributed by atoms with Crippen LogP contribution in [0.4, 0.5) is 0 Å². The van der Waals surface area contributed by atoms with Crippen molar-refractivity contribution in [2.75, 3.05) is 0 Å². The molecule has 0 bridgehead atoms. The van der Waals surface area contributed by atoms with Crippen molar-refractivity contribution in [3.63, 3.8) is 0 Å². The van der Waals surface area contributed by atoms with Crippen LogP contribution in [-0.2, 0) is 25.6 Å². The molecule has 0 aromatic heterocycles. The van der Waals surface area contributed by atoms with E-state index in [1.54, 1.807) is 40.7 Å². The third-order valence-corrected chi connectivity index (χ3v) is 8.79. The lowest BCUT2D eigenvalue weighted by Crippen LogP contribution is -2.76. The average molecular weight is 469 g/mol. The number of phenolic OH excluding ortho intramolecular Hbond substituents is 1. The molecule has 3 unspecified atom stereocenters. The second kappa shape index (κ2) is 7.17. The largest absolute Gasteiger partial charge is 0.507 e. The standard InChI is InChI=1S/C27H32O7/c1-11(2)18-21(30)16(14(5)28)23(32)27(34)24(33)19-22(31)17-15(12(3)8-13(4)20(17)29)9-25(19,6)10-26(18,27)7/h8,11,16,18-19,29,34H,9-10H2,1-7H3/t16?,18?,19?,25-,26-,27+/m1/s1. The highest BCUT2D eigenvalue weighted by molar-refractivity contribution is 6.32. The molecule has 0 radical (unpaired) electrons. The number of benzene rings is 1. The molecular weight excluding hydrogens is 436 g/mol. The maximum absolute atomic E-state index is 14.1. The van der Waals surface area contributed by atoms with Crippen LogP contribution in [0.2, 0.25) is 0 Å². The third-order valence-electron chi connectivity index (χ3n) is 8.79. The maximum Gasteiger partial charge on any atom is 0.190 e. The van der Waals surface area contributed by atoms with Gasteiger partial charge in [0.15, 0.2) is 28.7 Å². The van der Waals surface area contributed by atoms with Crippen LogP contribution in [0.3, 0.4) is 0 Å². The molecule has 0 amide bonds. The number of hydrogen-bond acceptors (Lipinski definition) is 7. The smallest absolute Gasteiger partial charge is 0.190 e. The van der Waals surface area contributed by atoms with Gasteiger partial charge in [0, 0.05) is 11.3 Å². The van der Waals surface area contributed by atoms with Gasteiger partial charge >= 0.3 is 0 Å². The summed E-state index contributed by atoms with van der Waals surface area (Å²) in [4.78, 5) is 67.2. The number of fused-ring (bicyclic) bond motifs is 3. The predicted octanol–water partition coefficient (Wildman–Crippen LogP) is 2.71. The minimum absolute atomic E-state index is 0.0587. The van der Waals surface area contributed by atoms with Crippen LogP contribution in [0.25, 0.3) is 0 Å². The summed E-state index contributed by atoms with van der Waals surface area (Å²) in [6, 6.07) is 1.79. The van der Waals surface area contributed by atoms with Crippen LogP contribution in [0, 0.1) is 48.3 Å². The topological polar surface area (TPSA) is 126 Å². The molecule has 2 saturated carbocycles. The number of phenols is 1. The summed E-state index contributed by atoms with van der Waals surface area (Å²) in [5, 5.41) is 22.6. The Labute approximate surface area is 198 Å². The molecule has 0 spiro atoms. The van der Waals surface area contributed by atoms with E-state index in [4.69, 9.17) is 0 Å². The van der Waals surface area contributed by atoms with E-state index >= 15 is 0 Å². The normalized spacial score (nSPS) is 37.4. The zero-order chi connectivity index (χ0) is 25.7. The van der Waals surface area contributed by atoms with Gasteiger partial charge in [-0.3, -0.25) is 24.0 Å². The fourth-order valence-corrected chi connectivity index (χ4v) is 7.55. The molecule has 34 heavy (non-hydrogen) atoms. The molecule has 0 saturated heterocycles. The summed E-state index contributed by atoms with van der Waals surface area (Å²) < 4.78 is 0. The van der Waals surface area contributed by atoms with Crippen LogP contribution < -0.4 is 0 Å². The van der Waals surface area contributed by atoms with Crippen LogP contribution in [0.15, 0.2) is 6.07 Å². The maximum atomic E-state index is 14.1. The van der Waals surface area contributed by atoms with Crippen molar-refractivity contribution in [1.29, 1.82) is 0 Å². The van der Waals surface area contributed by atoms with Gasteiger partial charge in [0.05, 0.1) is 11.5 Å². The van der Waals surface area contributed by atoms with Crippen LogP contribution in [0.5, 0.6) is 5.75 Å². The first-order valence-electron chi connectivity index (χ1n) is 11.8. The van der Waals surface area contributed by atoms with E-state index < -0.39 is 63.1 Å². The molecule has 182 valence electrons. The summed E-state index contributed by atoms with van der Waals surface area (Å²) in [7, 11) is 0. The minimum atomic E-state index is -2.65. The molecule has 6 atom stereocenters. The molecule has 0 heterocycles. The zero-order valence-electron chi connectivity index (χ0n) is 20.7. The lowest BCUT2D eigenvalue weighted by atomic mass is 9.40. The second-order valence-corrected chi connectivity index (χ2v) is 11.5. The van der Waals surface area contributed by atoms with Gasteiger partial charge < -0.3 is 10.2 Å². The lowest BCUT2D eigenvalue weighted by molar-refractivity contribution is -0.205. The number of aromatic hydroxyl groups is 1. The Hall–Kier alpha value is -2.67. The summed E-state index contributed by atoms with van der Waals surface area (Å²) in [6.07, 6.45) is 0.344. The van der Waals surface area contributed by atoms with E-state index in [2.05, 4.69) is 0 Å². The van der Waals surface area contributed by atoms with Crippen molar-refractivity contribution in [2.45, 2.75) is 66.9 Å². The number of carbonyl (C=O) groups is 5. The first-order valence-corrected chi connectivity index (χ1v) is 11.8. The molecule has 4 rings (SSSR count). The highest BCUT2D eigenvalue weighted by atomic mass is 16.3. The Balaban J connectivity index is 2.00. The van der Waals surface area contributed by atoms with Crippen molar-refractivity contribution in [1.82, 2.24) is 0 Å². The van der Waals surface area contributed by atoms with Crippen molar-refractivity contribution >= 4 is 28.9 Å². The zero-order valence-corrected chi connectivity index (χ0v) is 20.7. The average Bonchev–Trinajstić information content (AvgIpc) is 2.68. The van der Waals surface area contributed by atoms with E-state index in [9.17, 15) is 34.2 Å². The third kappa shape index (κ3) is 2.70. The van der Waals surface area contributed by atoms with E-state index in [1.807, 2.05) is 6.92 Å². The van der Waals surface area contributed by atoms with Crippen molar-refractivity contribution in [3.8, 4) is 5.75 Å². The van der Waals surface area contributed by atoms with Gasteiger partial charge in [-0.2, -0.15) is 0 Å². The predicted molar refractivity (Wildman–Crippen MR) is 122 cm³/mol. The Morgan fingerprint density at radius 3 is 2.18 bits per heavy atom. The van der Waals surface area contributed by atoms with E-state index in [1.165, 1.54) is 0 Å². The van der Waals surface area contributed by atoms with Crippen molar-refractivity contribution < 1.29 is 34.2 Å². The van der Waals surface area contributed by atoms with Gasteiger partial charge in [-0.05, 0) is 61.6 Å². The van der Waals surface area contributed by atoms with E-state index in [0.29, 0.717) is 11.1 Å². The number of hydrogen-bond donors (Lipinski definition) is 2. The Kier molecular flexibility index (Phi) is 5.16. The van der Waals surface area contributed by atoms with Gasteiger partial charge in [-0.25, -0.2) is 0 Å². The van der Waals surface area contributed by atoms with Gasteiger partial charge in [0.25, 0.3) is 0 Å². The fourth-order valence-electron chi connectivity index (χ4n) is 7.55. The number of ketones is 5. The first kappa shape index (κ1) is 24.5. The number of carbonyl (C=O) groups excluding carboxylic acids is 5. The van der Waals surface area contributed by atoms with Crippen LogP contribution in [0.1, 0.15) is 68.1 Å². The van der Waals surface area contributed by atoms with Crippen molar-refractivity contribution in [3.05, 3.63) is 28.3 Å². The Morgan fingerprint density at radius 2 is 1.65 bits per heavy atom. The molecule has 3 aliphatic rings. The quantitative estimate of drug-likeness (QED) is 0.639. The van der Waals surface area contributed by atoms with E-state index in [0.717, 1.165) is 12.5 Å². The Morgan fingerprint density at radius 1 is 1.06 bits per heavy atom. The van der Waals surface area contributed by atoms with Crippen LogP contribution in [-0.4, -0.2) is 44.7 Å². The van der Waals surface area contributed by atoms with Crippen LogP contribution >= 0.6 is 0 Å². The molecule has 0 aliphatic heterocycles. The molecule has 1 aromatic carbocycles. The number of aryl methyl sites for hydroxylation is 2. The molecule has 7 heteroatoms. The van der Waals surface area contributed by atoms with E-state index in [-0.39, 0.29) is 30.1 Å². The van der Waals surface area contributed by atoms with Gasteiger partial charge in [0.2, 0.25) is 0 Å².